The summed E-state index contributed by atoms with van der Waals surface area (Å²) in [7, 11) is 0. The molecular weight excluding hydrogens is 156 g/mol. The van der Waals surface area contributed by atoms with Gasteiger partial charge in [0, 0.05) is 18.7 Å². The van der Waals surface area contributed by atoms with Crippen molar-refractivity contribution in [3.8, 4) is 5.88 Å². The van der Waals surface area contributed by atoms with E-state index in [0.717, 1.165) is 12.2 Å². The van der Waals surface area contributed by atoms with E-state index in [9.17, 15) is 0 Å². The largest absolute Gasteiger partial charge is 0.475 e. The molecule has 1 rings (SSSR count). The lowest BCUT2D eigenvalue weighted by molar-refractivity contribution is 0.196. The quantitative estimate of drug-likeness (QED) is 0.707. The topological polar surface area (TPSA) is 55.2 Å². The highest BCUT2D eigenvalue weighted by Gasteiger charge is 1.96. The van der Waals surface area contributed by atoms with Gasteiger partial charge < -0.3 is 9.84 Å². The van der Waals surface area contributed by atoms with Gasteiger partial charge in [0.1, 0.15) is 12.4 Å². The second-order valence-corrected chi connectivity index (χ2v) is 2.24. The van der Waals surface area contributed by atoms with Crippen molar-refractivity contribution < 1.29 is 9.84 Å². The van der Waals surface area contributed by atoms with Gasteiger partial charge >= 0.3 is 0 Å². The first kappa shape index (κ1) is 8.93. The molecule has 12 heavy (non-hydrogen) atoms. The molecule has 0 radical (unpaired) electrons. The lowest BCUT2D eigenvalue weighted by Crippen LogP contribution is -2.04. The van der Waals surface area contributed by atoms with Crippen molar-refractivity contribution in [3.05, 3.63) is 18.1 Å². The third-order valence-electron chi connectivity index (χ3n) is 1.34. The summed E-state index contributed by atoms with van der Waals surface area (Å²) in [6.45, 7) is 2.26. The zero-order chi connectivity index (χ0) is 8.81. The van der Waals surface area contributed by atoms with E-state index in [4.69, 9.17) is 9.84 Å². The van der Waals surface area contributed by atoms with E-state index in [-0.39, 0.29) is 13.2 Å². The monoisotopic (exact) mass is 168 g/mol. The Balaban J connectivity index is 2.60. The fraction of sp³-hybridized carbons (Fsp3) is 0.500. The van der Waals surface area contributed by atoms with Crippen LogP contribution < -0.4 is 4.74 Å². The van der Waals surface area contributed by atoms with E-state index in [1.807, 2.05) is 6.92 Å². The van der Waals surface area contributed by atoms with E-state index >= 15 is 0 Å². The molecule has 4 nitrogen and oxygen atoms in total. The van der Waals surface area contributed by atoms with Crippen molar-refractivity contribution in [2.24, 2.45) is 0 Å². The van der Waals surface area contributed by atoms with E-state index in [1.165, 1.54) is 0 Å². The number of aromatic nitrogens is 2. The molecule has 66 valence electrons. The molecule has 0 atom stereocenters. The fourth-order valence-electron chi connectivity index (χ4n) is 0.781. The Bertz CT molecular complexity index is 240. The molecule has 0 bridgehead atoms. The van der Waals surface area contributed by atoms with Gasteiger partial charge in [-0.1, -0.05) is 6.92 Å². The van der Waals surface area contributed by atoms with Crippen molar-refractivity contribution in [2.75, 3.05) is 13.2 Å². The highest BCUT2D eigenvalue weighted by molar-refractivity contribution is 5.08. The molecule has 0 spiro atoms. The highest BCUT2D eigenvalue weighted by atomic mass is 16.5. The smallest absolute Gasteiger partial charge is 0.216 e. The van der Waals surface area contributed by atoms with Crippen LogP contribution in [0.3, 0.4) is 0 Å². The molecule has 4 heteroatoms. The van der Waals surface area contributed by atoms with Gasteiger partial charge in [0.2, 0.25) is 5.88 Å². The Morgan fingerprint density at radius 2 is 2.42 bits per heavy atom. The molecule has 0 saturated heterocycles. The Kier molecular flexibility index (Phi) is 3.47. The third kappa shape index (κ3) is 2.47. The predicted molar refractivity (Wildman–Crippen MR) is 44.0 cm³/mol. The highest BCUT2D eigenvalue weighted by Crippen LogP contribution is 2.04. The van der Waals surface area contributed by atoms with Crippen LogP contribution in [0, 0.1) is 0 Å². The number of aryl methyl sites for hydroxylation is 1. The van der Waals surface area contributed by atoms with Crippen LogP contribution in [0.15, 0.2) is 12.3 Å². The van der Waals surface area contributed by atoms with Crippen LogP contribution in [0.4, 0.5) is 0 Å². The molecule has 0 aromatic carbocycles. The molecule has 1 N–H and O–H groups in total. The second kappa shape index (κ2) is 4.66. The van der Waals surface area contributed by atoms with Crippen LogP contribution in [-0.2, 0) is 6.42 Å². The lowest BCUT2D eigenvalue weighted by Gasteiger charge is -2.02. The van der Waals surface area contributed by atoms with Gasteiger partial charge in [0.25, 0.3) is 0 Å². The molecular formula is C8H12N2O2. The number of ether oxygens (including phenoxy) is 1. The summed E-state index contributed by atoms with van der Waals surface area (Å²) >= 11 is 0. The number of aliphatic hydroxyl groups is 1. The van der Waals surface area contributed by atoms with Crippen molar-refractivity contribution in [1.82, 2.24) is 9.97 Å². The molecule has 1 aromatic rings. The molecule has 1 heterocycles. The summed E-state index contributed by atoms with van der Waals surface area (Å²) in [4.78, 5) is 8.10. The Morgan fingerprint density at radius 3 is 3.08 bits per heavy atom. The van der Waals surface area contributed by atoms with Gasteiger partial charge in [0.05, 0.1) is 6.61 Å². The number of nitrogens with zero attached hydrogens (tertiary/aromatic N) is 2. The SMILES string of the molecule is CCc1nccc(OCCO)n1. The van der Waals surface area contributed by atoms with Crippen LogP contribution >= 0.6 is 0 Å². The van der Waals surface area contributed by atoms with E-state index in [1.54, 1.807) is 12.3 Å². The van der Waals surface area contributed by atoms with Crippen molar-refractivity contribution in [1.29, 1.82) is 0 Å². The van der Waals surface area contributed by atoms with E-state index < -0.39 is 0 Å². The second-order valence-electron chi connectivity index (χ2n) is 2.24. The Morgan fingerprint density at radius 1 is 1.58 bits per heavy atom. The summed E-state index contributed by atoms with van der Waals surface area (Å²) in [6, 6.07) is 1.68. The predicted octanol–water partition coefficient (Wildman–Crippen LogP) is 0.410. The van der Waals surface area contributed by atoms with Crippen LogP contribution in [-0.4, -0.2) is 28.3 Å². The summed E-state index contributed by atoms with van der Waals surface area (Å²) < 4.78 is 5.10. The normalized spacial score (nSPS) is 9.83. The standard InChI is InChI=1S/C8H12N2O2/c1-2-7-9-4-3-8(10-7)12-6-5-11/h3-4,11H,2,5-6H2,1H3. The van der Waals surface area contributed by atoms with Gasteiger partial charge in [-0.3, -0.25) is 0 Å². The molecule has 0 amide bonds. The maximum Gasteiger partial charge on any atom is 0.216 e. The van der Waals surface area contributed by atoms with Crippen LogP contribution in [0.25, 0.3) is 0 Å². The van der Waals surface area contributed by atoms with Gasteiger partial charge in [-0.25, -0.2) is 4.98 Å². The molecule has 0 aliphatic rings. The average Bonchev–Trinajstić information content (AvgIpc) is 2.15. The van der Waals surface area contributed by atoms with Gasteiger partial charge in [-0.05, 0) is 0 Å². The summed E-state index contributed by atoms with van der Waals surface area (Å²) in [5.41, 5.74) is 0. The van der Waals surface area contributed by atoms with Crippen LogP contribution in [0.2, 0.25) is 0 Å². The van der Waals surface area contributed by atoms with Crippen LogP contribution in [0.5, 0.6) is 5.88 Å². The average molecular weight is 168 g/mol. The number of aliphatic hydroxyl groups excluding tert-OH is 1. The minimum Gasteiger partial charge on any atom is -0.475 e. The first-order valence-electron chi connectivity index (χ1n) is 3.92. The zero-order valence-electron chi connectivity index (χ0n) is 7.03. The molecule has 0 unspecified atom stereocenters. The molecule has 0 fully saturated rings. The number of hydrogen-bond acceptors (Lipinski definition) is 4. The minimum atomic E-state index is 0.00542. The van der Waals surface area contributed by atoms with Crippen molar-refractivity contribution in [3.63, 3.8) is 0 Å². The van der Waals surface area contributed by atoms with E-state index in [0.29, 0.717) is 5.88 Å². The van der Waals surface area contributed by atoms with Gasteiger partial charge in [-0.15, -0.1) is 0 Å². The maximum atomic E-state index is 8.49. The van der Waals surface area contributed by atoms with Gasteiger partial charge in [0.15, 0.2) is 0 Å². The number of hydrogen-bond donors (Lipinski definition) is 1. The van der Waals surface area contributed by atoms with E-state index in [2.05, 4.69) is 9.97 Å². The third-order valence-corrected chi connectivity index (χ3v) is 1.34. The minimum absolute atomic E-state index is 0.00542. The molecule has 0 aliphatic heterocycles. The van der Waals surface area contributed by atoms with Crippen molar-refractivity contribution >= 4 is 0 Å². The Hall–Kier alpha value is -1.16. The summed E-state index contributed by atoms with van der Waals surface area (Å²) in [5, 5.41) is 8.49. The Labute approximate surface area is 71.2 Å². The first-order chi connectivity index (χ1) is 5.86. The lowest BCUT2D eigenvalue weighted by atomic mass is 10.4. The maximum absolute atomic E-state index is 8.49. The molecule has 0 aliphatic carbocycles. The summed E-state index contributed by atoms with van der Waals surface area (Å²) in [6.07, 6.45) is 2.44. The zero-order valence-corrected chi connectivity index (χ0v) is 7.03. The summed E-state index contributed by atoms with van der Waals surface area (Å²) in [5.74, 6) is 1.28. The molecule has 0 saturated carbocycles. The van der Waals surface area contributed by atoms with Crippen molar-refractivity contribution in [2.45, 2.75) is 13.3 Å². The fourth-order valence-corrected chi connectivity index (χ4v) is 0.781. The molecule has 1 aromatic heterocycles. The van der Waals surface area contributed by atoms with Crippen LogP contribution in [0.1, 0.15) is 12.7 Å². The first-order valence-corrected chi connectivity index (χ1v) is 3.92. The number of rotatable bonds is 4. The van der Waals surface area contributed by atoms with Gasteiger partial charge in [-0.2, -0.15) is 4.98 Å².